The van der Waals surface area contributed by atoms with Crippen LogP contribution in [0.4, 0.5) is 0 Å². The van der Waals surface area contributed by atoms with Gasteiger partial charge in [-0.15, -0.1) is 0 Å². The van der Waals surface area contributed by atoms with Crippen LogP contribution in [0.1, 0.15) is 41.0 Å². The molecule has 0 rings (SSSR count). The van der Waals surface area contributed by atoms with Gasteiger partial charge in [-0.05, 0) is 34.6 Å². The van der Waals surface area contributed by atoms with Crippen molar-refractivity contribution in [3.05, 3.63) is 36.5 Å². The average molecular weight is 338 g/mol. The lowest BCUT2D eigenvalue weighted by Crippen LogP contribution is -2.37. The van der Waals surface area contributed by atoms with E-state index in [1.54, 1.807) is 13.8 Å². The molecule has 0 heterocycles. The Hall–Kier alpha value is -2.37. The van der Waals surface area contributed by atoms with E-state index in [-0.39, 0.29) is 29.7 Å². The van der Waals surface area contributed by atoms with Crippen LogP contribution in [-0.4, -0.2) is 36.2 Å². The van der Waals surface area contributed by atoms with Crippen LogP contribution in [0.2, 0.25) is 0 Å². The SMILES string of the molecule is C=C(C)C(=O)OCC(CC(C)(C)OC(=O)C(=C)C)OC(=O)C(=C)C. The first-order chi connectivity index (χ1) is 10.9. The number of hydrogen-bond donors (Lipinski definition) is 0. The first-order valence-corrected chi connectivity index (χ1v) is 7.43. The summed E-state index contributed by atoms with van der Waals surface area (Å²) in [6.45, 7) is 18.2. The first-order valence-electron chi connectivity index (χ1n) is 7.43. The van der Waals surface area contributed by atoms with Gasteiger partial charge in [-0.1, -0.05) is 19.7 Å². The first kappa shape index (κ1) is 21.6. The second kappa shape index (κ2) is 9.05. The van der Waals surface area contributed by atoms with Gasteiger partial charge in [0.25, 0.3) is 0 Å². The summed E-state index contributed by atoms with van der Waals surface area (Å²) in [4.78, 5) is 35.0. The van der Waals surface area contributed by atoms with E-state index in [9.17, 15) is 14.4 Å². The molecular formula is C18H26O6. The number of ether oxygens (including phenoxy) is 3. The highest BCUT2D eigenvalue weighted by Crippen LogP contribution is 2.21. The Kier molecular flexibility index (Phi) is 8.16. The molecule has 1 atom stereocenters. The van der Waals surface area contributed by atoms with Gasteiger partial charge in [0.05, 0.1) is 0 Å². The van der Waals surface area contributed by atoms with Gasteiger partial charge in [0.2, 0.25) is 0 Å². The zero-order chi connectivity index (χ0) is 19.1. The molecular weight excluding hydrogens is 312 g/mol. The van der Waals surface area contributed by atoms with E-state index in [1.807, 2.05) is 0 Å². The molecule has 0 aliphatic carbocycles. The fraction of sp³-hybridized carbons (Fsp3) is 0.500. The monoisotopic (exact) mass is 338 g/mol. The Balaban J connectivity index is 5.02. The molecule has 0 fully saturated rings. The normalized spacial score (nSPS) is 11.9. The topological polar surface area (TPSA) is 78.9 Å². The summed E-state index contributed by atoms with van der Waals surface area (Å²) in [6, 6.07) is 0. The van der Waals surface area contributed by atoms with E-state index in [2.05, 4.69) is 19.7 Å². The predicted octanol–water partition coefficient (Wildman–Crippen LogP) is 2.88. The minimum atomic E-state index is -0.953. The van der Waals surface area contributed by atoms with Crippen LogP contribution >= 0.6 is 0 Å². The summed E-state index contributed by atoms with van der Waals surface area (Å²) in [6.07, 6.45) is -0.667. The fourth-order valence-corrected chi connectivity index (χ4v) is 1.61. The third-order valence-corrected chi connectivity index (χ3v) is 2.81. The predicted molar refractivity (Wildman–Crippen MR) is 90.1 cm³/mol. The molecule has 0 aromatic heterocycles. The van der Waals surface area contributed by atoms with Gasteiger partial charge in [0.15, 0.2) is 0 Å². The Morgan fingerprint density at radius 2 is 1.33 bits per heavy atom. The summed E-state index contributed by atoms with van der Waals surface area (Å²) in [7, 11) is 0. The molecule has 6 nitrogen and oxygen atoms in total. The molecule has 0 saturated carbocycles. The summed E-state index contributed by atoms with van der Waals surface area (Å²) in [5, 5.41) is 0. The number of carbonyl (C=O) groups excluding carboxylic acids is 3. The summed E-state index contributed by atoms with van der Waals surface area (Å²) in [5.74, 6) is -1.76. The maximum Gasteiger partial charge on any atom is 0.333 e. The molecule has 0 aliphatic heterocycles. The minimum absolute atomic E-state index is 0.133. The highest BCUT2D eigenvalue weighted by molar-refractivity contribution is 5.88. The van der Waals surface area contributed by atoms with Crippen LogP contribution in [0.5, 0.6) is 0 Å². The molecule has 0 saturated heterocycles. The zero-order valence-corrected chi connectivity index (χ0v) is 15.1. The molecule has 0 aromatic carbocycles. The Morgan fingerprint density at radius 1 is 0.875 bits per heavy atom. The highest BCUT2D eigenvalue weighted by Gasteiger charge is 2.30. The standard InChI is InChI=1S/C18H26O6/c1-11(2)15(19)22-10-14(23-16(20)12(3)4)9-18(7,8)24-17(21)13(5)6/h14H,1,3,5,9-10H2,2,4,6-8H3. The molecule has 134 valence electrons. The van der Waals surface area contributed by atoms with Crippen molar-refractivity contribution in [2.75, 3.05) is 6.61 Å². The van der Waals surface area contributed by atoms with Crippen molar-refractivity contribution in [1.82, 2.24) is 0 Å². The van der Waals surface area contributed by atoms with Crippen LogP contribution in [0.15, 0.2) is 36.5 Å². The van der Waals surface area contributed by atoms with Gasteiger partial charge in [0.1, 0.15) is 18.3 Å². The van der Waals surface area contributed by atoms with Gasteiger partial charge in [0, 0.05) is 23.1 Å². The maximum absolute atomic E-state index is 11.7. The number of rotatable bonds is 9. The van der Waals surface area contributed by atoms with E-state index in [4.69, 9.17) is 14.2 Å². The maximum atomic E-state index is 11.7. The average Bonchev–Trinajstić information content (AvgIpc) is 2.42. The third-order valence-electron chi connectivity index (χ3n) is 2.81. The summed E-state index contributed by atoms with van der Waals surface area (Å²) < 4.78 is 15.6. The van der Waals surface area contributed by atoms with Crippen LogP contribution in [0.25, 0.3) is 0 Å². The number of esters is 3. The quantitative estimate of drug-likeness (QED) is 0.365. The molecule has 1 unspecified atom stereocenters. The second-order valence-electron chi connectivity index (χ2n) is 6.32. The van der Waals surface area contributed by atoms with Crippen molar-refractivity contribution >= 4 is 17.9 Å². The molecule has 0 amide bonds. The fourth-order valence-electron chi connectivity index (χ4n) is 1.61. The van der Waals surface area contributed by atoms with Gasteiger partial charge in [-0.2, -0.15) is 0 Å². The van der Waals surface area contributed by atoms with Crippen LogP contribution < -0.4 is 0 Å². The molecule has 0 aromatic rings. The largest absolute Gasteiger partial charge is 0.458 e. The van der Waals surface area contributed by atoms with E-state index in [1.165, 1.54) is 20.8 Å². The lowest BCUT2D eigenvalue weighted by atomic mass is 10.0. The highest BCUT2D eigenvalue weighted by atomic mass is 16.6. The Morgan fingerprint density at radius 3 is 1.75 bits per heavy atom. The van der Waals surface area contributed by atoms with Crippen molar-refractivity contribution in [2.45, 2.75) is 52.7 Å². The molecule has 24 heavy (non-hydrogen) atoms. The third kappa shape index (κ3) is 8.31. The van der Waals surface area contributed by atoms with Crippen molar-refractivity contribution < 1.29 is 28.6 Å². The smallest absolute Gasteiger partial charge is 0.333 e. The van der Waals surface area contributed by atoms with Crippen molar-refractivity contribution in [2.24, 2.45) is 0 Å². The van der Waals surface area contributed by atoms with Crippen molar-refractivity contribution in [3.63, 3.8) is 0 Å². The van der Waals surface area contributed by atoms with Gasteiger partial charge in [-0.3, -0.25) is 0 Å². The van der Waals surface area contributed by atoms with Crippen molar-refractivity contribution in [3.8, 4) is 0 Å². The zero-order valence-electron chi connectivity index (χ0n) is 15.1. The summed E-state index contributed by atoms with van der Waals surface area (Å²) >= 11 is 0. The summed E-state index contributed by atoms with van der Waals surface area (Å²) in [5.41, 5.74) is -0.255. The molecule has 0 N–H and O–H groups in total. The Bertz CT molecular complexity index is 556. The molecule has 0 aliphatic rings. The second-order valence-corrected chi connectivity index (χ2v) is 6.32. The van der Waals surface area contributed by atoms with Gasteiger partial charge >= 0.3 is 17.9 Å². The lowest BCUT2D eigenvalue weighted by molar-refractivity contribution is -0.164. The Labute approximate surface area is 143 Å². The van der Waals surface area contributed by atoms with Crippen molar-refractivity contribution in [1.29, 1.82) is 0 Å². The van der Waals surface area contributed by atoms with Gasteiger partial charge < -0.3 is 14.2 Å². The van der Waals surface area contributed by atoms with E-state index < -0.39 is 29.6 Å². The van der Waals surface area contributed by atoms with Crippen LogP contribution in [-0.2, 0) is 28.6 Å². The molecule has 0 spiro atoms. The van der Waals surface area contributed by atoms with Crippen LogP contribution in [0, 0.1) is 0 Å². The van der Waals surface area contributed by atoms with Gasteiger partial charge in [-0.25, -0.2) is 14.4 Å². The van der Waals surface area contributed by atoms with Crippen LogP contribution in [0.3, 0.4) is 0 Å². The molecule has 6 heteroatoms. The number of carbonyl (C=O) groups is 3. The number of hydrogen-bond acceptors (Lipinski definition) is 6. The van der Waals surface area contributed by atoms with E-state index in [0.29, 0.717) is 0 Å². The lowest BCUT2D eigenvalue weighted by Gasteiger charge is -2.29. The minimum Gasteiger partial charge on any atom is -0.458 e. The van der Waals surface area contributed by atoms with E-state index >= 15 is 0 Å². The van der Waals surface area contributed by atoms with E-state index in [0.717, 1.165) is 0 Å². The molecule has 0 radical (unpaired) electrons. The molecule has 0 bridgehead atoms.